The highest BCUT2D eigenvalue weighted by molar-refractivity contribution is 6.30. The Morgan fingerprint density at radius 2 is 2.21 bits per heavy atom. The quantitative estimate of drug-likeness (QED) is 0.746. The standard InChI is InChI=1S/C17H15ClO/c1-12-9-13-5-2-3-8-16(13)17(10-12)19-15-7-4-6-14(18)11-15/h2-4,6-11,17H,5H2,1H3. The van der Waals surface area contributed by atoms with Gasteiger partial charge in [0.05, 0.1) is 0 Å². The van der Waals surface area contributed by atoms with Gasteiger partial charge in [-0.15, -0.1) is 0 Å². The van der Waals surface area contributed by atoms with Crippen LogP contribution in [0, 0.1) is 0 Å². The third-order valence-corrected chi connectivity index (χ3v) is 3.54. The molecule has 1 unspecified atom stereocenters. The Labute approximate surface area is 118 Å². The third kappa shape index (κ3) is 2.66. The van der Waals surface area contributed by atoms with Crippen molar-refractivity contribution in [2.24, 2.45) is 0 Å². The molecule has 0 aromatic heterocycles. The summed E-state index contributed by atoms with van der Waals surface area (Å²) in [5.74, 6) is 0.804. The summed E-state index contributed by atoms with van der Waals surface area (Å²) in [5.41, 5.74) is 3.83. The molecule has 0 bridgehead atoms. The molecule has 2 aliphatic rings. The Bertz CT molecular complexity index is 620. The van der Waals surface area contributed by atoms with Crippen molar-refractivity contribution in [3.63, 3.8) is 0 Å². The number of hydrogen-bond acceptors (Lipinski definition) is 1. The minimum Gasteiger partial charge on any atom is -0.482 e. The largest absolute Gasteiger partial charge is 0.482 e. The van der Waals surface area contributed by atoms with Gasteiger partial charge in [-0.25, -0.2) is 0 Å². The van der Waals surface area contributed by atoms with E-state index in [2.05, 4.69) is 37.3 Å². The second kappa shape index (κ2) is 5.10. The molecule has 1 aromatic carbocycles. The second-order valence-electron chi connectivity index (χ2n) is 4.83. The van der Waals surface area contributed by atoms with Crippen molar-refractivity contribution in [1.82, 2.24) is 0 Å². The number of halogens is 1. The van der Waals surface area contributed by atoms with E-state index >= 15 is 0 Å². The Hall–Kier alpha value is -1.73. The van der Waals surface area contributed by atoms with E-state index in [9.17, 15) is 0 Å². The molecule has 0 aliphatic heterocycles. The van der Waals surface area contributed by atoms with Gasteiger partial charge < -0.3 is 4.74 Å². The Morgan fingerprint density at radius 3 is 3.05 bits per heavy atom. The van der Waals surface area contributed by atoms with Crippen molar-refractivity contribution in [2.75, 3.05) is 0 Å². The normalized spacial score (nSPS) is 21.2. The van der Waals surface area contributed by atoms with Gasteiger partial charge in [-0.1, -0.05) is 47.5 Å². The molecule has 1 atom stereocenters. The average Bonchev–Trinajstić information content (AvgIpc) is 2.38. The predicted octanol–water partition coefficient (Wildman–Crippen LogP) is 4.86. The maximum absolute atomic E-state index is 6.07. The Kier molecular flexibility index (Phi) is 3.31. The maximum atomic E-state index is 6.07. The zero-order chi connectivity index (χ0) is 13.2. The van der Waals surface area contributed by atoms with Crippen LogP contribution in [0.1, 0.15) is 13.3 Å². The van der Waals surface area contributed by atoms with E-state index in [0.717, 1.165) is 12.2 Å². The van der Waals surface area contributed by atoms with Crippen LogP contribution in [0.15, 0.2) is 71.4 Å². The molecule has 3 rings (SSSR count). The van der Waals surface area contributed by atoms with Crippen LogP contribution in [0.3, 0.4) is 0 Å². The molecule has 0 spiro atoms. The molecule has 19 heavy (non-hydrogen) atoms. The lowest BCUT2D eigenvalue weighted by Gasteiger charge is -2.26. The summed E-state index contributed by atoms with van der Waals surface area (Å²) < 4.78 is 6.07. The van der Waals surface area contributed by atoms with E-state index in [1.54, 1.807) is 0 Å². The molecule has 2 aliphatic carbocycles. The number of allylic oxidation sites excluding steroid dienone is 5. The molecular formula is C17H15ClO. The van der Waals surface area contributed by atoms with E-state index in [1.165, 1.54) is 16.7 Å². The summed E-state index contributed by atoms with van der Waals surface area (Å²) >= 11 is 6.00. The second-order valence-corrected chi connectivity index (χ2v) is 5.27. The van der Waals surface area contributed by atoms with Gasteiger partial charge in [0.2, 0.25) is 0 Å². The lowest BCUT2D eigenvalue weighted by molar-refractivity contribution is 0.284. The molecule has 0 amide bonds. The number of ether oxygens (including phenoxy) is 1. The molecule has 1 aromatic rings. The van der Waals surface area contributed by atoms with Crippen molar-refractivity contribution >= 4 is 11.6 Å². The van der Waals surface area contributed by atoms with E-state index in [4.69, 9.17) is 16.3 Å². The van der Waals surface area contributed by atoms with Crippen molar-refractivity contribution < 1.29 is 4.74 Å². The molecule has 2 heteroatoms. The van der Waals surface area contributed by atoms with Gasteiger partial charge in [0.15, 0.2) is 0 Å². The van der Waals surface area contributed by atoms with E-state index in [1.807, 2.05) is 24.3 Å². The molecule has 0 fully saturated rings. The van der Waals surface area contributed by atoms with Gasteiger partial charge in [-0.05, 0) is 48.8 Å². The van der Waals surface area contributed by atoms with Crippen LogP contribution in [-0.4, -0.2) is 6.10 Å². The monoisotopic (exact) mass is 270 g/mol. The van der Waals surface area contributed by atoms with Crippen LogP contribution in [0.2, 0.25) is 5.02 Å². The first kappa shape index (κ1) is 12.3. The van der Waals surface area contributed by atoms with Crippen LogP contribution in [-0.2, 0) is 0 Å². The van der Waals surface area contributed by atoms with Crippen LogP contribution < -0.4 is 4.74 Å². The highest BCUT2D eigenvalue weighted by atomic mass is 35.5. The number of benzene rings is 1. The zero-order valence-electron chi connectivity index (χ0n) is 10.8. The highest BCUT2D eigenvalue weighted by Crippen LogP contribution is 2.32. The molecule has 0 heterocycles. The van der Waals surface area contributed by atoms with Gasteiger partial charge >= 0.3 is 0 Å². The minimum atomic E-state index is -0.0246. The maximum Gasteiger partial charge on any atom is 0.143 e. The lowest BCUT2D eigenvalue weighted by Crippen LogP contribution is -2.22. The number of hydrogen-bond donors (Lipinski definition) is 0. The fraction of sp³-hybridized carbons (Fsp3) is 0.176. The molecule has 0 saturated carbocycles. The van der Waals surface area contributed by atoms with E-state index in [0.29, 0.717) is 5.02 Å². The van der Waals surface area contributed by atoms with Gasteiger partial charge in [0.25, 0.3) is 0 Å². The van der Waals surface area contributed by atoms with Gasteiger partial charge in [-0.3, -0.25) is 0 Å². The van der Waals surface area contributed by atoms with Crippen molar-refractivity contribution in [3.8, 4) is 5.75 Å². The summed E-state index contributed by atoms with van der Waals surface area (Å²) in [4.78, 5) is 0. The van der Waals surface area contributed by atoms with Crippen LogP contribution in [0.25, 0.3) is 0 Å². The number of rotatable bonds is 2. The summed E-state index contributed by atoms with van der Waals surface area (Å²) in [6.45, 7) is 2.11. The van der Waals surface area contributed by atoms with Gasteiger partial charge in [-0.2, -0.15) is 0 Å². The SMILES string of the molecule is CC1=CC(Oc2cccc(Cl)c2)C2=CC=CCC2=C1. The topological polar surface area (TPSA) is 9.23 Å². The fourth-order valence-electron chi connectivity index (χ4n) is 2.45. The Morgan fingerprint density at radius 1 is 1.32 bits per heavy atom. The third-order valence-electron chi connectivity index (χ3n) is 3.30. The van der Waals surface area contributed by atoms with Crippen LogP contribution in [0.5, 0.6) is 5.75 Å². The molecular weight excluding hydrogens is 256 g/mol. The average molecular weight is 271 g/mol. The molecule has 0 N–H and O–H groups in total. The number of fused-ring (bicyclic) bond motifs is 1. The van der Waals surface area contributed by atoms with Gasteiger partial charge in [0, 0.05) is 5.02 Å². The molecule has 0 radical (unpaired) electrons. The first-order valence-electron chi connectivity index (χ1n) is 6.41. The van der Waals surface area contributed by atoms with Gasteiger partial charge in [0.1, 0.15) is 11.9 Å². The molecule has 0 saturated heterocycles. The lowest BCUT2D eigenvalue weighted by atomic mass is 9.87. The molecule has 96 valence electrons. The summed E-state index contributed by atoms with van der Waals surface area (Å²) in [6.07, 6.45) is 11.7. The zero-order valence-corrected chi connectivity index (χ0v) is 11.5. The summed E-state index contributed by atoms with van der Waals surface area (Å²) in [6, 6.07) is 7.54. The van der Waals surface area contributed by atoms with Crippen molar-refractivity contribution in [3.05, 3.63) is 76.4 Å². The summed E-state index contributed by atoms with van der Waals surface area (Å²) in [5, 5.41) is 0.697. The summed E-state index contributed by atoms with van der Waals surface area (Å²) in [7, 11) is 0. The van der Waals surface area contributed by atoms with E-state index in [-0.39, 0.29) is 6.10 Å². The van der Waals surface area contributed by atoms with Crippen LogP contribution in [0.4, 0.5) is 0 Å². The van der Waals surface area contributed by atoms with Crippen LogP contribution >= 0.6 is 11.6 Å². The predicted molar refractivity (Wildman–Crippen MR) is 79.5 cm³/mol. The first-order chi connectivity index (χ1) is 9.22. The highest BCUT2D eigenvalue weighted by Gasteiger charge is 2.22. The Balaban J connectivity index is 1.90. The van der Waals surface area contributed by atoms with E-state index < -0.39 is 0 Å². The minimum absolute atomic E-state index is 0.0246. The fourth-order valence-corrected chi connectivity index (χ4v) is 2.63. The van der Waals surface area contributed by atoms with Crippen molar-refractivity contribution in [2.45, 2.75) is 19.4 Å². The molecule has 1 nitrogen and oxygen atoms in total. The van der Waals surface area contributed by atoms with Crippen molar-refractivity contribution in [1.29, 1.82) is 0 Å². The first-order valence-corrected chi connectivity index (χ1v) is 6.78. The smallest absolute Gasteiger partial charge is 0.143 e.